The lowest BCUT2D eigenvalue weighted by Crippen LogP contribution is -1.81. The van der Waals surface area contributed by atoms with E-state index in [2.05, 4.69) is 0 Å². The number of allylic oxidation sites excluding steroid dienone is 3. The summed E-state index contributed by atoms with van der Waals surface area (Å²) in [6, 6.07) is 0. The molecule has 0 saturated heterocycles. The van der Waals surface area contributed by atoms with Crippen molar-refractivity contribution >= 4 is 0 Å². The molecule has 0 atom stereocenters. The lowest BCUT2D eigenvalue weighted by molar-refractivity contribution is 0.426. The summed E-state index contributed by atoms with van der Waals surface area (Å²) in [5.74, 6) is 0.772. The summed E-state index contributed by atoms with van der Waals surface area (Å²) >= 11 is 0. The largest absolute Gasteiger partial charge is 0.508 e. The van der Waals surface area contributed by atoms with E-state index in [1.165, 1.54) is 0 Å². The third kappa shape index (κ3) is 5.15. The molecule has 1 N–H and O–H groups in total. The first-order valence-corrected chi connectivity index (χ1v) is 3.20. The number of rotatable bonds is 2. The fraction of sp³-hybridized carbons (Fsp3) is 0.500. The van der Waals surface area contributed by atoms with Crippen molar-refractivity contribution in [2.45, 2.75) is 20.8 Å². The third-order valence-electron chi connectivity index (χ3n) is 0.842. The molecule has 0 aromatic heterocycles. The van der Waals surface area contributed by atoms with Gasteiger partial charge in [-0.1, -0.05) is 19.9 Å². The Labute approximate surface area is 56.7 Å². The summed E-state index contributed by atoms with van der Waals surface area (Å²) in [4.78, 5) is 0. The van der Waals surface area contributed by atoms with Crippen LogP contribution in [0.25, 0.3) is 0 Å². The number of aliphatic hydroxyl groups excluding tert-OH is 1. The van der Waals surface area contributed by atoms with Crippen LogP contribution >= 0.6 is 0 Å². The molecular weight excluding hydrogens is 112 g/mol. The van der Waals surface area contributed by atoms with Crippen LogP contribution in [0.2, 0.25) is 0 Å². The Kier molecular flexibility index (Phi) is 3.85. The van der Waals surface area contributed by atoms with E-state index in [4.69, 9.17) is 5.11 Å². The minimum atomic E-state index is 0.354. The van der Waals surface area contributed by atoms with Crippen molar-refractivity contribution in [3.63, 3.8) is 0 Å². The van der Waals surface area contributed by atoms with Gasteiger partial charge in [-0.15, -0.1) is 0 Å². The highest BCUT2D eigenvalue weighted by atomic mass is 16.3. The van der Waals surface area contributed by atoms with E-state index in [0.717, 1.165) is 0 Å². The Morgan fingerprint density at radius 2 is 2.00 bits per heavy atom. The second-order valence-electron chi connectivity index (χ2n) is 2.34. The molecule has 0 spiro atoms. The van der Waals surface area contributed by atoms with Gasteiger partial charge in [-0.2, -0.15) is 0 Å². The van der Waals surface area contributed by atoms with Gasteiger partial charge in [0.15, 0.2) is 0 Å². The zero-order valence-electron chi connectivity index (χ0n) is 6.26. The summed E-state index contributed by atoms with van der Waals surface area (Å²) in [7, 11) is 0. The van der Waals surface area contributed by atoms with Gasteiger partial charge in [-0.25, -0.2) is 0 Å². The van der Waals surface area contributed by atoms with Crippen LogP contribution in [0.3, 0.4) is 0 Å². The lowest BCUT2D eigenvalue weighted by atomic mass is 10.2. The summed E-state index contributed by atoms with van der Waals surface area (Å²) < 4.78 is 0. The highest BCUT2D eigenvalue weighted by Gasteiger charge is 1.87. The molecule has 0 radical (unpaired) electrons. The zero-order chi connectivity index (χ0) is 7.28. The molecule has 9 heavy (non-hydrogen) atoms. The van der Waals surface area contributed by atoms with Crippen LogP contribution in [0, 0.1) is 5.92 Å². The molecule has 0 aromatic rings. The summed E-state index contributed by atoms with van der Waals surface area (Å²) in [6.07, 6.45) is 5.30. The fourth-order valence-electron chi connectivity index (χ4n) is 0.568. The minimum absolute atomic E-state index is 0.354. The van der Waals surface area contributed by atoms with Crippen LogP contribution in [0.15, 0.2) is 24.0 Å². The van der Waals surface area contributed by atoms with Gasteiger partial charge in [-0.05, 0) is 25.0 Å². The Morgan fingerprint density at radius 3 is 2.33 bits per heavy atom. The molecule has 0 rings (SSSR count). The highest BCUT2D eigenvalue weighted by molar-refractivity contribution is 5.09. The van der Waals surface area contributed by atoms with E-state index in [-0.39, 0.29) is 0 Å². The molecular formula is C8H14O. The third-order valence-corrected chi connectivity index (χ3v) is 0.842. The smallest absolute Gasteiger partial charge is 0.111 e. The Balaban J connectivity index is 3.84. The van der Waals surface area contributed by atoms with Crippen LogP contribution in [0.4, 0.5) is 0 Å². The van der Waals surface area contributed by atoms with Crippen molar-refractivity contribution in [2.24, 2.45) is 5.92 Å². The molecule has 0 amide bonds. The van der Waals surface area contributed by atoms with Crippen molar-refractivity contribution in [3.05, 3.63) is 24.0 Å². The van der Waals surface area contributed by atoms with Crippen LogP contribution < -0.4 is 0 Å². The highest BCUT2D eigenvalue weighted by Crippen LogP contribution is 1.99. The number of hydrogen-bond acceptors (Lipinski definition) is 1. The lowest BCUT2D eigenvalue weighted by Gasteiger charge is -1.94. The molecule has 0 heterocycles. The first kappa shape index (κ1) is 8.28. The second kappa shape index (κ2) is 4.19. The van der Waals surface area contributed by atoms with E-state index in [1.54, 1.807) is 12.2 Å². The average Bonchev–Trinajstić information content (AvgIpc) is 1.63. The molecule has 0 aromatic carbocycles. The normalized spacial score (nSPS) is 13.6. The molecule has 0 aliphatic heterocycles. The van der Waals surface area contributed by atoms with E-state index in [1.807, 2.05) is 26.8 Å². The standard InChI is InChI=1S/C8H14O/c1-4-5-8(9)6-7(2)3/h4-7,9H,1-3H3/b5-4-,8-6+. The molecule has 0 bridgehead atoms. The first-order valence-electron chi connectivity index (χ1n) is 3.20. The topological polar surface area (TPSA) is 20.2 Å². The van der Waals surface area contributed by atoms with Crippen molar-refractivity contribution in [1.82, 2.24) is 0 Å². The van der Waals surface area contributed by atoms with E-state index in [9.17, 15) is 0 Å². The Hall–Kier alpha value is -0.720. The second-order valence-corrected chi connectivity index (χ2v) is 2.34. The molecule has 0 fully saturated rings. The van der Waals surface area contributed by atoms with Crippen molar-refractivity contribution in [2.75, 3.05) is 0 Å². The summed E-state index contributed by atoms with van der Waals surface area (Å²) in [5.41, 5.74) is 0. The first-order chi connectivity index (χ1) is 4.16. The zero-order valence-corrected chi connectivity index (χ0v) is 6.26. The monoisotopic (exact) mass is 126 g/mol. The maximum Gasteiger partial charge on any atom is 0.111 e. The predicted molar refractivity (Wildman–Crippen MR) is 40.4 cm³/mol. The quantitative estimate of drug-likeness (QED) is 0.445. The van der Waals surface area contributed by atoms with Gasteiger partial charge >= 0.3 is 0 Å². The summed E-state index contributed by atoms with van der Waals surface area (Å²) in [6.45, 7) is 5.93. The van der Waals surface area contributed by atoms with Gasteiger partial charge in [0.25, 0.3) is 0 Å². The Morgan fingerprint density at radius 1 is 1.44 bits per heavy atom. The van der Waals surface area contributed by atoms with E-state index in [0.29, 0.717) is 11.7 Å². The van der Waals surface area contributed by atoms with Gasteiger partial charge in [-0.3, -0.25) is 0 Å². The van der Waals surface area contributed by atoms with Crippen molar-refractivity contribution in [3.8, 4) is 0 Å². The molecule has 52 valence electrons. The minimum Gasteiger partial charge on any atom is -0.508 e. The molecule has 0 aliphatic rings. The molecule has 1 nitrogen and oxygen atoms in total. The van der Waals surface area contributed by atoms with Gasteiger partial charge in [0.1, 0.15) is 5.76 Å². The van der Waals surface area contributed by atoms with Gasteiger partial charge in [0, 0.05) is 0 Å². The maximum absolute atomic E-state index is 8.99. The summed E-state index contributed by atoms with van der Waals surface area (Å²) in [5, 5.41) is 8.99. The van der Waals surface area contributed by atoms with Gasteiger partial charge < -0.3 is 5.11 Å². The van der Waals surface area contributed by atoms with Crippen molar-refractivity contribution in [1.29, 1.82) is 0 Å². The van der Waals surface area contributed by atoms with Crippen LogP contribution in [0.5, 0.6) is 0 Å². The van der Waals surface area contributed by atoms with Gasteiger partial charge in [0.05, 0.1) is 0 Å². The molecule has 0 unspecified atom stereocenters. The number of aliphatic hydroxyl groups is 1. The molecule has 0 saturated carbocycles. The fourth-order valence-corrected chi connectivity index (χ4v) is 0.568. The predicted octanol–water partition coefficient (Wildman–Crippen LogP) is 2.66. The van der Waals surface area contributed by atoms with E-state index < -0.39 is 0 Å². The van der Waals surface area contributed by atoms with Crippen LogP contribution in [0.1, 0.15) is 20.8 Å². The van der Waals surface area contributed by atoms with Crippen LogP contribution in [-0.2, 0) is 0 Å². The van der Waals surface area contributed by atoms with Crippen LogP contribution in [-0.4, -0.2) is 5.11 Å². The molecule has 1 heteroatoms. The van der Waals surface area contributed by atoms with Gasteiger partial charge in [0.2, 0.25) is 0 Å². The Bertz CT molecular complexity index is 121. The number of hydrogen-bond donors (Lipinski definition) is 1. The van der Waals surface area contributed by atoms with Crippen molar-refractivity contribution < 1.29 is 5.11 Å². The van der Waals surface area contributed by atoms with E-state index >= 15 is 0 Å². The maximum atomic E-state index is 8.99. The SMILES string of the molecule is C/C=C\C(O)=C/C(C)C. The molecule has 0 aliphatic carbocycles. The average molecular weight is 126 g/mol.